The van der Waals surface area contributed by atoms with Crippen LogP contribution < -0.4 is 10.6 Å². The Labute approximate surface area is 99.5 Å². The van der Waals surface area contributed by atoms with Gasteiger partial charge in [-0.1, -0.05) is 5.21 Å². The van der Waals surface area contributed by atoms with Crippen LogP contribution in [0.15, 0.2) is 12.4 Å². The van der Waals surface area contributed by atoms with E-state index in [2.05, 4.69) is 20.9 Å². The smallest absolute Gasteiger partial charge is 0.222 e. The lowest BCUT2D eigenvalue weighted by molar-refractivity contribution is -0.122. The van der Waals surface area contributed by atoms with Crippen molar-refractivity contribution in [2.45, 2.75) is 25.1 Å². The van der Waals surface area contributed by atoms with E-state index in [0.717, 1.165) is 13.1 Å². The van der Waals surface area contributed by atoms with Crippen LogP contribution in [0, 0.1) is 0 Å². The summed E-state index contributed by atoms with van der Waals surface area (Å²) >= 11 is 0. The maximum Gasteiger partial charge on any atom is 0.222 e. The van der Waals surface area contributed by atoms with E-state index < -0.39 is 0 Å². The van der Waals surface area contributed by atoms with E-state index in [1.165, 1.54) is 0 Å². The quantitative estimate of drug-likeness (QED) is 0.672. The molecule has 17 heavy (non-hydrogen) atoms. The first-order valence-corrected chi connectivity index (χ1v) is 5.66. The van der Waals surface area contributed by atoms with Crippen molar-refractivity contribution in [2.24, 2.45) is 0 Å². The molecule has 2 N–H and O–H groups in total. The third-order valence-electron chi connectivity index (χ3n) is 2.85. The van der Waals surface area contributed by atoms with E-state index in [-0.39, 0.29) is 18.1 Å². The van der Waals surface area contributed by atoms with E-state index >= 15 is 0 Å². The number of hydrogen-bond donors (Lipinski definition) is 2. The molecule has 0 spiro atoms. The fourth-order valence-electron chi connectivity index (χ4n) is 1.89. The zero-order valence-electron chi connectivity index (χ0n) is 9.80. The van der Waals surface area contributed by atoms with Crippen molar-refractivity contribution in [1.82, 2.24) is 25.6 Å². The zero-order chi connectivity index (χ0) is 12.1. The van der Waals surface area contributed by atoms with Crippen LogP contribution in [0.25, 0.3) is 0 Å². The predicted molar refractivity (Wildman–Crippen MR) is 60.2 cm³/mol. The number of methoxy groups -OCH3 is 1. The standard InChI is InChI=1S/C10H17N5O2/c1-17-9-7-11-6-8(9)13-10(16)2-4-15-5-3-12-14-15/h3,5,8-9,11H,2,4,6-7H2,1H3,(H,13,16)/t8?,9-/m1/s1. The minimum atomic E-state index is 0.0104. The molecule has 1 aliphatic heterocycles. The van der Waals surface area contributed by atoms with Crippen molar-refractivity contribution in [3.8, 4) is 0 Å². The molecule has 0 aromatic carbocycles. The molecule has 2 rings (SSSR count). The van der Waals surface area contributed by atoms with Crippen molar-refractivity contribution < 1.29 is 9.53 Å². The second-order valence-corrected chi connectivity index (χ2v) is 4.02. The fourth-order valence-corrected chi connectivity index (χ4v) is 1.89. The molecule has 2 atom stereocenters. The van der Waals surface area contributed by atoms with Crippen molar-refractivity contribution in [1.29, 1.82) is 0 Å². The molecule has 1 aliphatic rings. The van der Waals surface area contributed by atoms with E-state index in [9.17, 15) is 4.79 Å². The number of aromatic nitrogens is 3. The molecule has 1 saturated heterocycles. The SMILES string of the molecule is CO[C@@H]1CNCC1NC(=O)CCn1ccnn1. The maximum atomic E-state index is 11.7. The summed E-state index contributed by atoms with van der Waals surface area (Å²) in [6, 6.07) is 0.0586. The molecule has 0 saturated carbocycles. The molecule has 0 aliphatic carbocycles. The Kier molecular flexibility index (Phi) is 4.05. The number of nitrogens with one attached hydrogen (secondary N) is 2. The Bertz CT molecular complexity index is 354. The van der Waals surface area contributed by atoms with Gasteiger partial charge in [0, 0.05) is 32.8 Å². The van der Waals surface area contributed by atoms with Gasteiger partial charge in [-0.2, -0.15) is 0 Å². The molecule has 1 amide bonds. The van der Waals surface area contributed by atoms with Gasteiger partial charge in [-0.05, 0) is 0 Å². The summed E-state index contributed by atoms with van der Waals surface area (Å²) in [6.45, 7) is 2.09. The number of amides is 1. The Morgan fingerprint density at radius 1 is 1.65 bits per heavy atom. The van der Waals surface area contributed by atoms with Gasteiger partial charge in [0.05, 0.1) is 24.9 Å². The van der Waals surface area contributed by atoms with Gasteiger partial charge in [-0.15, -0.1) is 5.10 Å². The number of ether oxygens (including phenoxy) is 1. The van der Waals surface area contributed by atoms with Crippen LogP contribution in [0.3, 0.4) is 0 Å². The minimum Gasteiger partial charge on any atom is -0.378 e. The third-order valence-corrected chi connectivity index (χ3v) is 2.85. The summed E-state index contributed by atoms with van der Waals surface area (Å²) in [5, 5.41) is 13.6. The lowest BCUT2D eigenvalue weighted by Crippen LogP contribution is -2.43. The molecule has 0 radical (unpaired) electrons. The summed E-state index contributed by atoms with van der Waals surface area (Å²) < 4.78 is 6.91. The highest BCUT2D eigenvalue weighted by molar-refractivity contribution is 5.76. The summed E-state index contributed by atoms with van der Waals surface area (Å²) in [4.78, 5) is 11.7. The summed E-state index contributed by atoms with van der Waals surface area (Å²) in [5.74, 6) is 0.0104. The van der Waals surface area contributed by atoms with Crippen LogP contribution in [0.4, 0.5) is 0 Å². The summed E-state index contributed by atoms with van der Waals surface area (Å²) in [5.41, 5.74) is 0. The average molecular weight is 239 g/mol. The Balaban J connectivity index is 1.73. The van der Waals surface area contributed by atoms with Gasteiger partial charge in [0.15, 0.2) is 0 Å². The Hall–Kier alpha value is -1.47. The molecule has 94 valence electrons. The molecule has 7 nitrogen and oxygen atoms in total. The summed E-state index contributed by atoms with van der Waals surface area (Å²) in [6.07, 6.45) is 3.80. The normalized spacial score (nSPS) is 23.8. The second-order valence-electron chi connectivity index (χ2n) is 4.02. The van der Waals surface area contributed by atoms with Crippen molar-refractivity contribution in [3.05, 3.63) is 12.4 Å². The predicted octanol–water partition coefficient (Wildman–Crippen LogP) is -1.23. The molecular formula is C10H17N5O2. The van der Waals surface area contributed by atoms with Gasteiger partial charge in [0.25, 0.3) is 0 Å². The highest BCUT2D eigenvalue weighted by Gasteiger charge is 2.27. The van der Waals surface area contributed by atoms with Gasteiger partial charge in [0.1, 0.15) is 0 Å². The van der Waals surface area contributed by atoms with E-state index in [1.807, 2.05) is 0 Å². The van der Waals surface area contributed by atoms with Crippen LogP contribution in [-0.4, -0.2) is 53.2 Å². The topological polar surface area (TPSA) is 81.1 Å². The lowest BCUT2D eigenvalue weighted by Gasteiger charge is -2.18. The first-order chi connectivity index (χ1) is 8.29. The molecule has 1 fully saturated rings. The molecule has 1 aromatic heterocycles. The van der Waals surface area contributed by atoms with Gasteiger partial charge < -0.3 is 15.4 Å². The molecule has 1 unspecified atom stereocenters. The van der Waals surface area contributed by atoms with E-state index in [0.29, 0.717) is 13.0 Å². The molecular weight excluding hydrogens is 222 g/mol. The van der Waals surface area contributed by atoms with E-state index in [1.54, 1.807) is 24.2 Å². The van der Waals surface area contributed by atoms with Gasteiger partial charge in [-0.3, -0.25) is 9.48 Å². The molecule has 1 aromatic rings. The van der Waals surface area contributed by atoms with Crippen molar-refractivity contribution >= 4 is 5.91 Å². The number of hydrogen-bond acceptors (Lipinski definition) is 5. The number of carbonyl (C=O) groups is 1. The number of carbonyl (C=O) groups excluding carboxylic acids is 1. The molecule has 0 bridgehead atoms. The number of nitrogens with zero attached hydrogens (tertiary/aromatic N) is 3. The third kappa shape index (κ3) is 3.24. The van der Waals surface area contributed by atoms with E-state index in [4.69, 9.17) is 4.74 Å². The van der Waals surface area contributed by atoms with Gasteiger partial charge >= 0.3 is 0 Å². The largest absolute Gasteiger partial charge is 0.378 e. The molecule has 2 heterocycles. The van der Waals surface area contributed by atoms with Gasteiger partial charge in [0.2, 0.25) is 5.91 Å². The monoisotopic (exact) mass is 239 g/mol. The second kappa shape index (κ2) is 5.74. The lowest BCUT2D eigenvalue weighted by atomic mass is 10.2. The minimum absolute atomic E-state index is 0.0104. The summed E-state index contributed by atoms with van der Waals surface area (Å²) in [7, 11) is 1.66. The van der Waals surface area contributed by atoms with Crippen molar-refractivity contribution in [2.75, 3.05) is 20.2 Å². The first kappa shape index (κ1) is 12.0. The zero-order valence-corrected chi connectivity index (χ0v) is 9.80. The average Bonchev–Trinajstić information content (AvgIpc) is 2.97. The number of aryl methyl sites for hydroxylation is 1. The Morgan fingerprint density at radius 3 is 3.24 bits per heavy atom. The van der Waals surface area contributed by atoms with Crippen LogP contribution in [0.2, 0.25) is 0 Å². The van der Waals surface area contributed by atoms with Crippen LogP contribution in [0.5, 0.6) is 0 Å². The van der Waals surface area contributed by atoms with Crippen molar-refractivity contribution in [3.63, 3.8) is 0 Å². The van der Waals surface area contributed by atoms with Crippen LogP contribution in [-0.2, 0) is 16.1 Å². The van der Waals surface area contributed by atoms with Crippen LogP contribution >= 0.6 is 0 Å². The highest BCUT2D eigenvalue weighted by atomic mass is 16.5. The van der Waals surface area contributed by atoms with Gasteiger partial charge in [-0.25, -0.2) is 0 Å². The molecule has 7 heteroatoms. The Morgan fingerprint density at radius 2 is 2.53 bits per heavy atom. The maximum absolute atomic E-state index is 11.7. The first-order valence-electron chi connectivity index (χ1n) is 5.66. The van der Waals surface area contributed by atoms with Crippen LogP contribution in [0.1, 0.15) is 6.42 Å². The number of rotatable bonds is 5. The fraction of sp³-hybridized carbons (Fsp3) is 0.700. The highest BCUT2D eigenvalue weighted by Crippen LogP contribution is 2.03.